The van der Waals surface area contributed by atoms with Gasteiger partial charge in [-0.15, -0.1) is 0 Å². The summed E-state index contributed by atoms with van der Waals surface area (Å²) in [6.07, 6.45) is -0.185. The van der Waals surface area contributed by atoms with E-state index in [9.17, 15) is 9.59 Å². The number of aliphatic hydroxyl groups excluding tert-OH is 2. The van der Waals surface area contributed by atoms with Crippen LogP contribution in [0.25, 0.3) is 0 Å². The molecule has 0 amide bonds. The van der Waals surface area contributed by atoms with Crippen LogP contribution in [-0.4, -0.2) is 46.9 Å². The lowest BCUT2D eigenvalue weighted by Gasteiger charge is -2.08. The van der Waals surface area contributed by atoms with E-state index >= 15 is 0 Å². The van der Waals surface area contributed by atoms with Gasteiger partial charge in [-0.05, 0) is 0 Å². The first-order chi connectivity index (χ1) is 6.11. The first-order valence-corrected chi connectivity index (χ1v) is 3.42. The average Bonchev–Trinajstić information content (AvgIpc) is 2.11. The number of hydrogen-bond acceptors (Lipinski definition) is 5. The molecule has 0 aliphatic carbocycles. The number of rotatable bonds is 6. The van der Waals surface area contributed by atoms with E-state index in [0.29, 0.717) is 6.08 Å². The van der Waals surface area contributed by atoms with Crippen LogP contribution in [0.15, 0.2) is 11.8 Å². The number of ether oxygens (including phenoxy) is 1. The van der Waals surface area contributed by atoms with Gasteiger partial charge in [0.1, 0.15) is 19.0 Å². The molecule has 0 aliphatic heterocycles. The highest BCUT2D eigenvalue weighted by molar-refractivity contribution is 5.88. The second-order valence-corrected chi connectivity index (χ2v) is 2.12. The van der Waals surface area contributed by atoms with E-state index in [4.69, 9.17) is 15.3 Å². The smallest absolute Gasteiger partial charge is 0.371 e. The first kappa shape index (κ1) is 11.6. The second-order valence-electron chi connectivity index (χ2n) is 2.12. The summed E-state index contributed by atoms with van der Waals surface area (Å²) >= 11 is 0. The molecule has 0 heterocycles. The number of aldehydes is 1. The number of allylic oxidation sites excluding steroid dienone is 1. The van der Waals surface area contributed by atoms with Crippen LogP contribution in [0.3, 0.4) is 0 Å². The lowest BCUT2D eigenvalue weighted by atomic mass is 10.4. The van der Waals surface area contributed by atoms with Crippen molar-refractivity contribution in [1.82, 2.24) is 0 Å². The number of carboxylic acid groups (broad SMARTS) is 1. The summed E-state index contributed by atoms with van der Waals surface area (Å²) in [5.41, 5.74) is 0. The van der Waals surface area contributed by atoms with Crippen LogP contribution in [0.4, 0.5) is 0 Å². The molecule has 0 fully saturated rings. The first-order valence-electron chi connectivity index (χ1n) is 3.42. The highest BCUT2D eigenvalue weighted by Gasteiger charge is 2.10. The number of carboxylic acids is 1. The lowest BCUT2D eigenvalue weighted by Crippen LogP contribution is -2.21. The maximum atomic E-state index is 10.3. The van der Waals surface area contributed by atoms with Gasteiger partial charge in [-0.3, -0.25) is 4.79 Å². The van der Waals surface area contributed by atoms with Crippen molar-refractivity contribution in [3.63, 3.8) is 0 Å². The van der Waals surface area contributed by atoms with Gasteiger partial charge in [0, 0.05) is 6.08 Å². The average molecular weight is 190 g/mol. The highest BCUT2D eigenvalue weighted by Crippen LogP contribution is 1.97. The van der Waals surface area contributed by atoms with E-state index in [0.717, 1.165) is 0 Å². The molecule has 6 nitrogen and oxygen atoms in total. The van der Waals surface area contributed by atoms with Gasteiger partial charge >= 0.3 is 5.97 Å². The van der Waals surface area contributed by atoms with Gasteiger partial charge in [0.15, 0.2) is 0 Å². The van der Waals surface area contributed by atoms with Gasteiger partial charge in [-0.2, -0.15) is 0 Å². The molecule has 3 N–H and O–H groups in total. The summed E-state index contributed by atoms with van der Waals surface area (Å²) < 4.78 is 4.52. The summed E-state index contributed by atoms with van der Waals surface area (Å²) in [6, 6.07) is 0. The van der Waals surface area contributed by atoms with E-state index in [-0.39, 0.29) is 12.9 Å². The summed E-state index contributed by atoms with van der Waals surface area (Å²) in [6.45, 7) is -0.906. The highest BCUT2D eigenvalue weighted by atomic mass is 16.5. The largest absolute Gasteiger partial charge is 0.484 e. The number of hydrogen-bond donors (Lipinski definition) is 3. The third-order valence-electron chi connectivity index (χ3n) is 1.07. The third kappa shape index (κ3) is 4.94. The molecule has 6 heteroatoms. The van der Waals surface area contributed by atoms with Crippen molar-refractivity contribution in [3.05, 3.63) is 11.8 Å². The van der Waals surface area contributed by atoms with Gasteiger partial charge in [-0.25, -0.2) is 4.79 Å². The molecule has 74 valence electrons. The molecule has 0 aliphatic rings. The van der Waals surface area contributed by atoms with Crippen molar-refractivity contribution < 1.29 is 29.6 Å². The minimum atomic E-state index is -1.41. The topological polar surface area (TPSA) is 104 Å². The lowest BCUT2D eigenvalue weighted by molar-refractivity contribution is -0.137. The SMILES string of the molecule is O=CC=C(OCC(O)CO)C(=O)O. The molecule has 0 saturated heterocycles. The van der Waals surface area contributed by atoms with Gasteiger partial charge in [0.2, 0.25) is 5.76 Å². The standard InChI is InChI=1S/C7H10O6/c8-2-1-6(7(11)12)13-4-5(10)3-9/h1-2,5,9-10H,3-4H2,(H,11,12). The number of aliphatic carboxylic acids is 1. The van der Waals surface area contributed by atoms with Crippen LogP contribution in [0, 0.1) is 0 Å². The molecule has 0 bridgehead atoms. The molecule has 0 rings (SSSR count). The summed E-state index contributed by atoms with van der Waals surface area (Å²) in [4.78, 5) is 20.2. The predicted molar refractivity (Wildman–Crippen MR) is 40.8 cm³/mol. The molecule has 0 radical (unpaired) electrons. The number of carbonyl (C=O) groups excluding carboxylic acids is 1. The van der Waals surface area contributed by atoms with Crippen LogP contribution < -0.4 is 0 Å². The van der Waals surface area contributed by atoms with Gasteiger partial charge in [0.05, 0.1) is 6.61 Å². The summed E-state index contributed by atoms with van der Waals surface area (Å²) in [5, 5.41) is 25.5. The van der Waals surface area contributed by atoms with Crippen molar-refractivity contribution in [3.8, 4) is 0 Å². The van der Waals surface area contributed by atoms with Crippen molar-refractivity contribution in [2.45, 2.75) is 6.10 Å². The number of carbonyl (C=O) groups is 2. The molecule has 0 aromatic carbocycles. The van der Waals surface area contributed by atoms with Crippen molar-refractivity contribution in [2.75, 3.05) is 13.2 Å². The van der Waals surface area contributed by atoms with Crippen LogP contribution in [0.1, 0.15) is 0 Å². The molecule has 0 spiro atoms. The van der Waals surface area contributed by atoms with Crippen LogP contribution in [0.2, 0.25) is 0 Å². The molecular formula is C7H10O6. The Balaban J connectivity index is 4.05. The Hall–Kier alpha value is -1.40. The Morgan fingerprint density at radius 3 is 2.54 bits per heavy atom. The minimum absolute atomic E-state index is 0.259. The second kappa shape index (κ2) is 6.15. The zero-order chi connectivity index (χ0) is 10.3. The molecule has 0 aromatic rings. The van der Waals surface area contributed by atoms with Crippen molar-refractivity contribution >= 4 is 12.3 Å². The molecule has 1 unspecified atom stereocenters. The fourth-order valence-corrected chi connectivity index (χ4v) is 0.482. The van der Waals surface area contributed by atoms with Crippen LogP contribution >= 0.6 is 0 Å². The maximum Gasteiger partial charge on any atom is 0.371 e. The van der Waals surface area contributed by atoms with Crippen molar-refractivity contribution in [2.24, 2.45) is 0 Å². The Kier molecular flexibility index (Phi) is 5.49. The normalized spacial score (nSPS) is 13.5. The Labute approximate surface area is 74.1 Å². The van der Waals surface area contributed by atoms with Crippen LogP contribution in [-0.2, 0) is 14.3 Å². The van der Waals surface area contributed by atoms with E-state index in [1.807, 2.05) is 0 Å². The van der Waals surface area contributed by atoms with E-state index in [1.165, 1.54) is 0 Å². The maximum absolute atomic E-state index is 10.3. The third-order valence-corrected chi connectivity index (χ3v) is 1.07. The van der Waals surface area contributed by atoms with E-state index < -0.39 is 24.4 Å². The molecule has 0 saturated carbocycles. The van der Waals surface area contributed by atoms with Crippen LogP contribution in [0.5, 0.6) is 0 Å². The molecule has 13 heavy (non-hydrogen) atoms. The molecular weight excluding hydrogens is 180 g/mol. The molecule has 0 aromatic heterocycles. The molecule has 1 atom stereocenters. The fourth-order valence-electron chi connectivity index (χ4n) is 0.482. The van der Waals surface area contributed by atoms with E-state index in [1.54, 1.807) is 0 Å². The Morgan fingerprint density at radius 2 is 2.15 bits per heavy atom. The summed E-state index contributed by atoms with van der Waals surface area (Å²) in [7, 11) is 0. The Morgan fingerprint density at radius 1 is 1.54 bits per heavy atom. The van der Waals surface area contributed by atoms with Gasteiger partial charge < -0.3 is 20.1 Å². The van der Waals surface area contributed by atoms with Gasteiger partial charge in [0.25, 0.3) is 0 Å². The zero-order valence-corrected chi connectivity index (χ0v) is 6.71. The van der Waals surface area contributed by atoms with E-state index in [2.05, 4.69) is 4.74 Å². The monoisotopic (exact) mass is 190 g/mol. The summed E-state index contributed by atoms with van der Waals surface area (Å²) in [5.74, 6) is -1.97. The Bertz CT molecular complexity index is 209. The quantitative estimate of drug-likeness (QED) is 0.268. The van der Waals surface area contributed by atoms with Gasteiger partial charge in [-0.1, -0.05) is 0 Å². The fraction of sp³-hybridized carbons (Fsp3) is 0.429. The predicted octanol–water partition coefficient (Wildman–Crippen LogP) is -1.48. The zero-order valence-electron chi connectivity index (χ0n) is 6.71. The van der Waals surface area contributed by atoms with Crippen molar-refractivity contribution in [1.29, 1.82) is 0 Å². The minimum Gasteiger partial charge on any atom is -0.484 e. The number of aliphatic hydroxyl groups is 2.